The van der Waals surface area contributed by atoms with Crippen LogP contribution in [-0.4, -0.2) is 47.5 Å². The molecule has 2 aliphatic rings. The van der Waals surface area contributed by atoms with E-state index in [2.05, 4.69) is 59.1 Å². The van der Waals surface area contributed by atoms with E-state index in [0.717, 1.165) is 20.9 Å². The van der Waals surface area contributed by atoms with Gasteiger partial charge in [0, 0.05) is 0 Å². The summed E-state index contributed by atoms with van der Waals surface area (Å²) in [7, 11) is 0. The van der Waals surface area contributed by atoms with Gasteiger partial charge in [0.1, 0.15) is 0 Å². The summed E-state index contributed by atoms with van der Waals surface area (Å²) in [5, 5.41) is 6.13. The number of carbonyl (C=O) groups excluding carboxylic acids is 2. The number of hydrogen-bond donors (Lipinski definition) is 1. The molecule has 1 radical (unpaired) electrons. The molecule has 153 valence electrons. The molecule has 0 bridgehead atoms. The molecule has 5 heterocycles. The molecule has 0 fully saturated rings. The first-order chi connectivity index (χ1) is 14.9. The van der Waals surface area contributed by atoms with E-state index < -0.39 is 5.92 Å². The standard InChI is InChI=1S/C23H17N4O2STe/c1-23(2)15-7-3-5-12-13-6-4-8-24-18(13)27(17(12)15)21-16(23)10-11(30-21)9-14-19(28)25-22(31)26-20(14)29/h3-8,10,14H,9H2,1-2H3,(H,25,26,28,29). The van der Waals surface area contributed by atoms with E-state index in [-0.39, 0.29) is 17.2 Å². The molecule has 31 heavy (non-hydrogen) atoms. The minimum atomic E-state index is -0.782. The van der Waals surface area contributed by atoms with Gasteiger partial charge in [0.2, 0.25) is 0 Å². The van der Waals surface area contributed by atoms with Crippen LogP contribution in [0.3, 0.4) is 0 Å². The third-order valence-corrected chi connectivity index (χ3v) is 8.02. The van der Waals surface area contributed by atoms with Gasteiger partial charge in [-0.1, -0.05) is 0 Å². The van der Waals surface area contributed by atoms with Crippen LogP contribution >= 0.6 is 11.3 Å². The molecule has 1 atom stereocenters. The quantitative estimate of drug-likeness (QED) is 0.313. The third kappa shape index (κ3) is 2.62. The molecule has 3 aromatic heterocycles. The van der Waals surface area contributed by atoms with Crippen LogP contribution in [0, 0.1) is 5.92 Å². The Hall–Kier alpha value is -2.53. The molecule has 2 amide bonds. The van der Waals surface area contributed by atoms with E-state index in [1.165, 1.54) is 22.0 Å². The summed E-state index contributed by atoms with van der Waals surface area (Å²) < 4.78 is 2.62. The van der Waals surface area contributed by atoms with E-state index in [9.17, 15) is 9.59 Å². The first-order valence-corrected chi connectivity index (χ1v) is 12.0. The van der Waals surface area contributed by atoms with Gasteiger partial charge in [-0.2, -0.15) is 0 Å². The minimum absolute atomic E-state index is 0.206. The second-order valence-electron chi connectivity index (χ2n) is 8.47. The van der Waals surface area contributed by atoms with Gasteiger partial charge >= 0.3 is 190 Å². The summed E-state index contributed by atoms with van der Waals surface area (Å²) in [5.41, 5.74) is 4.37. The van der Waals surface area contributed by atoms with Gasteiger partial charge in [0.15, 0.2) is 0 Å². The van der Waals surface area contributed by atoms with Crippen molar-refractivity contribution in [3.63, 3.8) is 0 Å². The van der Waals surface area contributed by atoms with Crippen LogP contribution in [0.5, 0.6) is 0 Å². The summed E-state index contributed by atoms with van der Waals surface area (Å²) in [5.74, 6) is -1.42. The molecule has 1 unspecified atom stereocenters. The zero-order chi connectivity index (χ0) is 21.5. The predicted molar refractivity (Wildman–Crippen MR) is 122 cm³/mol. The van der Waals surface area contributed by atoms with Gasteiger partial charge in [0.25, 0.3) is 0 Å². The van der Waals surface area contributed by atoms with Crippen molar-refractivity contribution in [2.24, 2.45) is 10.9 Å². The van der Waals surface area contributed by atoms with Crippen molar-refractivity contribution in [3.8, 4) is 5.00 Å². The number of amides is 2. The average molecular weight is 541 g/mol. The van der Waals surface area contributed by atoms with E-state index in [0.29, 0.717) is 10.3 Å². The third-order valence-electron chi connectivity index (χ3n) is 6.32. The van der Waals surface area contributed by atoms with Crippen LogP contribution < -0.4 is 5.32 Å². The van der Waals surface area contributed by atoms with Gasteiger partial charge in [-0.15, -0.1) is 0 Å². The van der Waals surface area contributed by atoms with Crippen molar-refractivity contribution in [1.82, 2.24) is 14.9 Å². The molecule has 0 saturated heterocycles. The molecule has 8 heteroatoms. The fraction of sp³-hybridized carbons (Fsp3) is 0.217. The number of pyridine rings is 1. The van der Waals surface area contributed by atoms with Gasteiger partial charge in [-0.05, 0) is 6.07 Å². The van der Waals surface area contributed by atoms with Crippen LogP contribution in [0.15, 0.2) is 47.6 Å². The molecule has 1 N–H and O–H groups in total. The summed E-state index contributed by atoms with van der Waals surface area (Å²) in [6, 6.07) is 12.7. The number of hydrogen-bond acceptors (Lipinski definition) is 4. The Balaban J connectivity index is 1.57. The Morgan fingerprint density at radius 1 is 1.16 bits per heavy atom. The Bertz CT molecular complexity index is 1480. The molecular formula is C23H17N4O2STe. The number of nitrogens with zero attached hydrogens (tertiary/aromatic N) is 3. The monoisotopic (exact) mass is 543 g/mol. The van der Waals surface area contributed by atoms with Gasteiger partial charge in [0.05, 0.1) is 0 Å². The predicted octanol–water partition coefficient (Wildman–Crippen LogP) is 3.22. The first-order valence-electron chi connectivity index (χ1n) is 9.99. The summed E-state index contributed by atoms with van der Waals surface area (Å²) >= 11 is 3.19. The van der Waals surface area contributed by atoms with Crippen molar-refractivity contribution in [1.29, 1.82) is 0 Å². The van der Waals surface area contributed by atoms with Gasteiger partial charge in [-0.25, -0.2) is 0 Å². The molecule has 0 aliphatic carbocycles. The number of carbonyl (C=O) groups is 2. The van der Waals surface area contributed by atoms with Crippen molar-refractivity contribution in [2.45, 2.75) is 25.7 Å². The van der Waals surface area contributed by atoms with Gasteiger partial charge in [-0.3, -0.25) is 0 Å². The fourth-order valence-electron chi connectivity index (χ4n) is 4.78. The number of fused-ring (bicyclic) bond motifs is 5. The summed E-state index contributed by atoms with van der Waals surface area (Å²) in [6.45, 7) is 4.47. The zero-order valence-corrected chi connectivity index (χ0v) is 19.9. The Labute approximate surface area is 195 Å². The summed E-state index contributed by atoms with van der Waals surface area (Å²) in [6.07, 6.45) is 2.17. The van der Waals surface area contributed by atoms with Crippen LogP contribution in [0.2, 0.25) is 0 Å². The van der Waals surface area contributed by atoms with E-state index in [4.69, 9.17) is 4.98 Å². The van der Waals surface area contributed by atoms with Crippen molar-refractivity contribution < 1.29 is 9.59 Å². The van der Waals surface area contributed by atoms with E-state index in [1.807, 2.05) is 12.3 Å². The molecule has 1 aromatic carbocycles. The average Bonchev–Trinajstić information content (AvgIpc) is 3.29. The second-order valence-corrected chi connectivity index (χ2v) is 10.7. The zero-order valence-electron chi connectivity index (χ0n) is 16.8. The normalized spacial score (nSPS) is 19.4. The van der Waals surface area contributed by atoms with Crippen LogP contribution in [0.1, 0.15) is 29.9 Å². The molecule has 4 aromatic rings. The molecule has 6 rings (SSSR count). The van der Waals surface area contributed by atoms with Gasteiger partial charge < -0.3 is 0 Å². The SMILES string of the molecule is CC1(C)c2cc(CC3C(=O)N=C([Te])NC3=O)sc2-n2c3ncccc3c3cccc1c32. The molecule has 6 nitrogen and oxygen atoms in total. The summed E-state index contributed by atoms with van der Waals surface area (Å²) in [4.78, 5) is 34.5. The van der Waals surface area contributed by atoms with E-state index >= 15 is 0 Å². The maximum absolute atomic E-state index is 12.4. The molecule has 2 aliphatic heterocycles. The van der Waals surface area contributed by atoms with Crippen molar-refractivity contribution in [3.05, 3.63) is 58.6 Å². The molecular weight excluding hydrogens is 524 g/mol. The maximum atomic E-state index is 12.4. The molecule has 0 spiro atoms. The number of aliphatic imine (C=N–C) groups is 1. The Morgan fingerprint density at radius 3 is 2.77 bits per heavy atom. The topological polar surface area (TPSA) is 76.3 Å². The van der Waals surface area contributed by atoms with Crippen molar-refractivity contribution in [2.75, 3.05) is 0 Å². The Morgan fingerprint density at radius 2 is 1.97 bits per heavy atom. The van der Waals surface area contributed by atoms with Crippen LogP contribution in [0.4, 0.5) is 0 Å². The fourth-order valence-corrected chi connectivity index (χ4v) is 6.69. The second kappa shape index (κ2) is 6.49. The number of aromatic nitrogens is 2. The van der Waals surface area contributed by atoms with Crippen molar-refractivity contribution >= 4 is 71.3 Å². The number of benzene rings is 1. The van der Waals surface area contributed by atoms with Crippen LogP contribution in [0.25, 0.3) is 26.9 Å². The molecule has 0 saturated carbocycles. The number of rotatable bonds is 2. The first kappa shape index (κ1) is 19.2. The van der Waals surface area contributed by atoms with E-state index in [1.54, 1.807) is 33.6 Å². The Kier molecular flexibility index (Phi) is 4.01. The number of amidine groups is 1. The number of thiophene rings is 1. The van der Waals surface area contributed by atoms with Crippen LogP contribution in [-0.2, 0) is 21.4 Å². The number of para-hydroxylation sites is 1. The number of nitrogens with one attached hydrogen (secondary N) is 1.